The van der Waals surface area contributed by atoms with Crippen LogP contribution < -0.4 is 5.32 Å². The summed E-state index contributed by atoms with van der Waals surface area (Å²) in [5.74, 6) is 1.18. The Morgan fingerprint density at radius 1 is 1.24 bits per heavy atom. The normalized spacial score (nSPS) is 9.71. The van der Waals surface area contributed by atoms with Crippen LogP contribution in [0.2, 0.25) is 0 Å². The van der Waals surface area contributed by atoms with E-state index in [1.807, 2.05) is 30.3 Å². The van der Waals surface area contributed by atoms with Crippen molar-refractivity contribution in [1.29, 1.82) is 5.26 Å². The molecule has 2 rings (SSSR count). The summed E-state index contributed by atoms with van der Waals surface area (Å²) in [6.07, 6.45) is 0. The Kier molecular flexibility index (Phi) is 3.35. The number of halogens is 1. The molecule has 0 atom stereocenters. The molecule has 0 saturated carbocycles. The van der Waals surface area contributed by atoms with Gasteiger partial charge in [0, 0.05) is 23.2 Å². The Balaban J connectivity index is 2.51. The van der Waals surface area contributed by atoms with Crippen LogP contribution in [0.15, 0.2) is 34.8 Å². The predicted molar refractivity (Wildman–Crippen MR) is 69.4 cm³/mol. The van der Waals surface area contributed by atoms with E-state index in [1.54, 1.807) is 13.1 Å². The fourth-order valence-corrected chi connectivity index (χ4v) is 1.62. The lowest BCUT2D eigenvalue weighted by atomic mass is 10.2. The molecular formula is C12H9BrN4. The Labute approximate surface area is 107 Å². The Morgan fingerprint density at radius 3 is 2.53 bits per heavy atom. The summed E-state index contributed by atoms with van der Waals surface area (Å²) in [5, 5.41) is 11.8. The minimum atomic E-state index is 0.349. The molecule has 4 nitrogen and oxygen atoms in total. The number of nitrogens with zero attached hydrogens (tertiary/aromatic N) is 3. The molecule has 0 aliphatic heterocycles. The molecule has 2 aromatic rings. The van der Waals surface area contributed by atoms with Crippen molar-refractivity contribution in [3.8, 4) is 17.5 Å². The molecule has 0 radical (unpaired) electrons. The molecule has 0 fully saturated rings. The van der Waals surface area contributed by atoms with Gasteiger partial charge >= 0.3 is 0 Å². The lowest BCUT2D eigenvalue weighted by Gasteiger charge is -2.04. The first-order valence-corrected chi connectivity index (χ1v) is 5.75. The topological polar surface area (TPSA) is 61.6 Å². The molecule has 5 heteroatoms. The molecular weight excluding hydrogens is 280 g/mol. The number of hydrogen-bond acceptors (Lipinski definition) is 4. The van der Waals surface area contributed by atoms with E-state index >= 15 is 0 Å². The van der Waals surface area contributed by atoms with Crippen molar-refractivity contribution in [2.45, 2.75) is 0 Å². The number of anilines is 1. The van der Waals surface area contributed by atoms with Gasteiger partial charge in [-0.3, -0.25) is 0 Å². The zero-order valence-corrected chi connectivity index (χ0v) is 10.7. The van der Waals surface area contributed by atoms with Crippen molar-refractivity contribution in [2.75, 3.05) is 12.4 Å². The molecule has 0 bridgehead atoms. The number of aromatic nitrogens is 2. The first kappa shape index (κ1) is 11.6. The summed E-state index contributed by atoms with van der Waals surface area (Å²) >= 11 is 3.37. The summed E-state index contributed by atoms with van der Waals surface area (Å²) < 4.78 is 0.992. The second-order valence-corrected chi connectivity index (χ2v) is 4.25. The van der Waals surface area contributed by atoms with Crippen LogP contribution in [-0.4, -0.2) is 17.0 Å². The van der Waals surface area contributed by atoms with Crippen LogP contribution in [0, 0.1) is 11.3 Å². The van der Waals surface area contributed by atoms with Crippen LogP contribution >= 0.6 is 15.9 Å². The standard InChI is InChI=1S/C12H9BrN4/c1-15-11-6-10(7-14)16-12(17-11)8-2-4-9(13)5-3-8/h2-6H,1H3,(H,15,16,17). The van der Waals surface area contributed by atoms with Crippen molar-refractivity contribution in [1.82, 2.24) is 9.97 Å². The van der Waals surface area contributed by atoms with Gasteiger partial charge in [0.2, 0.25) is 0 Å². The zero-order chi connectivity index (χ0) is 12.3. The van der Waals surface area contributed by atoms with Crippen molar-refractivity contribution in [3.05, 3.63) is 40.5 Å². The average molecular weight is 289 g/mol. The number of rotatable bonds is 2. The number of nitrogens with one attached hydrogen (secondary N) is 1. The van der Waals surface area contributed by atoms with Gasteiger partial charge in [-0.15, -0.1) is 0 Å². The molecule has 84 valence electrons. The fraction of sp³-hybridized carbons (Fsp3) is 0.0833. The van der Waals surface area contributed by atoms with Gasteiger partial charge in [-0.25, -0.2) is 9.97 Å². The zero-order valence-electron chi connectivity index (χ0n) is 9.11. The molecule has 0 spiro atoms. The summed E-state index contributed by atoms with van der Waals surface area (Å²) in [4.78, 5) is 8.48. The van der Waals surface area contributed by atoms with Crippen molar-refractivity contribution in [2.24, 2.45) is 0 Å². The minimum absolute atomic E-state index is 0.349. The van der Waals surface area contributed by atoms with E-state index < -0.39 is 0 Å². The van der Waals surface area contributed by atoms with E-state index in [9.17, 15) is 0 Å². The monoisotopic (exact) mass is 288 g/mol. The maximum Gasteiger partial charge on any atom is 0.162 e. The van der Waals surface area contributed by atoms with Gasteiger partial charge in [0.05, 0.1) is 0 Å². The number of hydrogen-bond donors (Lipinski definition) is 1. The number of benzene rings is 1. The quantitative estimate of drug-likeness (QED) is 0.923. The highest BCUT2D eigenvalue weighted by atomic mass is 79.9. The molecule has 1 aromatic carbocycles. The van der Waals surface area contributed by atoms with Gasteiger partial charge in [0.15, 0.2) is 5.82 Å². The summed E-state index contributed by atoms with van der Waals surface area (Å²) in [7, 11) is 1.76. The van der Waals surface area contributed by atoms with E-state index in [0.717, 1.165) is 10.0 Å². The highest BCUT2D eigenvalue weighted by Crippen LogP contribution is 2.20. The summed E-state index contributed by atoms with van der Waals surface area (Å²) in [5.41, 5.74) is 1.23. The first-order chi connectivity index (χ1) is 8.22. The smallest absolute Gasteiger partial charge is 0.162 e. The van der Waals surface area contributed by atoms with Crippen LogP contribution in [-0.2, 0) is 0 Å². The Bertz CT molecular complexity index is 572. The Morgan fingerprint density at radius 2 is 1.94 bits per heavy atom. The van der Waals surface area contributed by atoms with E-state index in [-0.39, 0.29) is 0 Å². The third-order valence-corrected chi connectivity index (χ3v) is 2.73. The van der Waals surface area contributed by atoms with Gasteiger partial charge < -0.3 is 5.32 Å². The maximum atomic E-state index is 8.90. The van der Waals surface area contributed by atoms with E-state index in [1.165, 1.54) is 0 Å². The molecule has 0 aliphatic carbocycles. The largest absolute Gasteiger partial charge is 0.373 e. The van der Waals surface area contributed by atoms with E-state index in [4.69, 9.17) is 5.26 Å². The molecule has 1 N–H and O–H groups in total. The predicted octanol–water partition coefficient (Wildman–Crippen LogP) is 2.82. The molecule has 0 aliphatic rings. The van der Waals surface area contributed by atoms with Crippen molar-refractivity contribution >= 4 is 21.7 Å². The molecule has 0 amide bonds. The number of nitriles is 1. The fourth-order valence-electron chi connectivity index (χ4n) is 1.36. The van der Waals surface area contributed by atoms with Gasteiger partial charge in [-0.1, -0.05) is 28.1 Å². The molecule has 0 unspecified atom stereocenters. The van der Waals surface area contributed by atoms with Crippen LogP contribution in [0.5, 0.6) is 0 Å². The van der Waals surface area contributed by atoms with Gasteiger partial charge in [-0.2, -0.15) is 5.26 Å². The van der Waals surface area contributed by atoms with Gasteiger partial charge in [0.1, 0.15) is 17.6 Å². The van der Waals surface area contributed by atoms with Gasteiger partial charge in [-0.05, 0) is 12.1 Å². The Hall–Kier alpha value is -1.93. The van der Waals surface area contributed by atoms with Crippen LogP contribution in [0.3, 0.4) is 0 Å². The van der Waals surface area contributed by atoms with E-state index in [2.05, 4.69) is 31.2 Å². The molecule has 1 heterocycles. The third-order valence-electron chi connectivity index (χ3n) is 2.20. The summed E-state index contributed by atoms with van der Waals surface area (Å²) in [6, 6.07) is 11.3. The maximum absolute atomic E-state index is 8.90. The van der Waals surface area contributed by atoms with Gasteiger partial charge in [0.25, 0.3) is 0 Å². The first-order valence-electron chi connectivity index (χ1n) is 4.96. The lowest BCUT2D eigenvalue weighted by molar-refractivity contribution is 1.14. The van der Waals surface area contributed by atoms with Crippen molar-refractivity contribution < 1.29 is 0 Å². The molecule has 1 aromatic heterocycles. The second-order valence-electron chi connectivity index (χ2n) is 3.33. The summed E-state index contributed by atoms with van der Waals surface area (Å²) in [6.45, 7) is 0. The van der Waals surface area contributed by atoms with Crippen LogP contribution in [0.25, 0.3) is 11.4 Å². The molecule has 17 heavy (non-hydrogen) atoms. The molecule has 0 saturated heterocycles. The van der Waals surface area contributed by atoms with Crippen molar-refractivity contribution in [3.63, 3.8) is 0 Å². The minimum Gasteiger partial charge on any atom is -0.373 e. The highest BCUT2D eigenvalue weighted by Gasteiger charge is 2.05. The second kappa shape index (κ2) is 4.93. The average Bonchev–Trinajstić information content (AvgIpc) is 2.39. The van der Waals surface area contributed by atoms with E-state index in [0.29, 0.717) is 17.3 Å². The SMILES string of the molecule is CNc1cc(C#N)nc(-c2ccc(Br)cc2)n1. The highest BCUT2D eigenvalue weighted by molar-refractivity contribution is 9.10. The third kappa shape index (κ3) is 2.60. The lowest BCUT2D eigenvalue weighted by Crippen LogP contribution is -1.98. The van der Waals surface area contributed by atoms with Crippen LogP contribution in [0.4, 0.5) is 5.82 Å². The van der Waals surface area contributed by atoms with Crippen LogP contribution in [0.1, 0.15) is 5.69 Å².